The molecule has 2 heterocycles. The van der Waals surface area contributed by atoms with Crippen LogP contribution in [0, 0.1) is 6.92 Å². The molecule has 0 spiro atoms. The smallest absolute Gasteiger partial charge is 0.303 e. The van der Waals surface area contributed by atoms with E-state index < -0.39 is 5.97 Å². The van der Waals surface area contributed by atoms with Crippen LogP contribution in [-0.2, 0) is 16.0 Å². The molecule has 1 aliphatic rings. The fourth-order valence-electron chi connectivity index (χ4n) is 3.77. The molecule has 5 nitrogen and oxygen atoms in total. The number of rotatable bonds is 5. The zero-order chi connectivity index (χ0) is 17.1. The third-order valence-electron chi connectivity index (χ3n) is 4.98. The van der Waals surface area contributed by atoms with Crippen LogP contribution >= 0.6 is 0 Å². The molecule has 0 bridgehead atoms. The number of nitrogens with one attached hydrogen (secondary N) is 1. The number of hydrogen-bond acceptors (Lipinski definition) is 2. The second-order valence-corrected chi connectivity index (χ2v) is 6.66. The van der Waals surface area contributed by atoms with Crippen LogP contribution in [0.1, 0.15) is 43.2 Å². The highest BCUT2D eigenvalue weighted by molar-refractivity contribution is 5.91. The molecule has 1 aliphatic heterocycles. The standard InChI is InChI=1S/C19H24N2O3/c1-13-5-4-7-16-19(13)14(12-20-16)11-17(22)21-10-3-2-6-15(21)8-9-18(23)24/h4-5,7,12,15,20H,2-3,6,8-11H2,1H3,(H,23,24)/t15-/m1/s1. The quantitative estimate of drug-likeness (QED) is 0.885. The number of aromatic amines is 1. The lowest BCUT2D eigenvalue weighted by molar-refractivity contribution is -0.139. The number of benzene rings is 1. The summed E-state index contributed by atoms with van der Waals surface area (Å²) in [5.41, 5.74) is 3.24. The molecule has 1 amide bonds. The van der Waals surface area contributed by atoms with Crippen molar-refractivity contribution in [2.45, 2.75) is 51.5 Å². The minimum atomic E-state index is -0.791. The Hall–Kier alpha value is -2.30. The van der Waals surface area contributed by atoms with Gasteiger partial charge in [0.25, 0.3) is 0 Å². The fourth-order valence-corrected chi connectivity index (χ4v) is 3.77. The van der Waals surface area contributed by atoms with Crippen molar-refractivity contribution in [1.29, 1.82) is 0 Å². The number of H-pyrrole nitrogens is 1. The van der Waals surface area contributed by atoms with E-state index in [1.807, 2.05) is 23.2 Å². The maximum absolute atomic E-state index is 12.8. The number of likely N-dealkylation sites (tertiary alicyclic amines) is 1. The van der Waals surface area contributed by atoms with E-state index in [0.717, 1.165) is 47.8 Å². The lowest BCUT2D eigenvalue weighted by Gasteiger charge is -2.35. The Labute approximate surface area is 141 Å². The Morgan fingerprint density at radius 1 is 1.33 bits per heavy atom. The van der Waals surface area contributed by atoms with Crippen LogP contribution < -0.4 is 0 Å². The van der Waals surface area contributed by atoms with Crippen LogP contribution in [0.25, 0.3) is 10.9 Å². The zero-order valence-electron chi connectivity index (χ0n) is 14.0. The van der Waals surface area contributed by atoms with Crippen LogP contribution in [-0.4, -0.2) is 39.5 Å². The molecular formula is C19H24N2O3. The van der Waals surface area contributed by atoms with E-state index in [2.05, 4.69) is 18.0 Å². The van der Waals surface area contributed by atoms with Crippen molar-refractivity contribution in [1.82, 2.24) is 9.88 Å². The molecule has 24 heavy (non-hydrogen) atoms. The molecule has 0 aliphatic carbocycles. The van der Waals surface area contributed by atoms with E-state index in [9.17, 15) is 9.59 Å². The zero-order valence-corrected chi connectivity index (χ0v) is 14.0. The first-order chi connectivity index (χ1) is 11.6. The lowest BCUT2D eigenvalue weighted by Crippen LogP contribution is -2.44. The second-order valence-electron chi connectivity index (χ2n) is 6.66. The molecule has 128 valence electrons. The SMILES string of the molecule is Cc1cccc2[nH]cc(CC(=O)N3CCCC[C@@H]3CCC(=O)O)c12. The normalized spacial score (nSPS) is 18.0. The Bertz CT molecular complexity index is 750. The topological polar surface area (TPSA) is 73.4 Å². The molecule has 1 atom stereocenters. The number of aliphatic carboxylic acids is 1. The number of amides is 1. The maximum Gasteiger partial charge on any atom is 0.303 e. The average molecular weight is 328 g/mol. The van der Waals surface area contributed by atoms with Crippen molar-refractivity contribution < 1.29 is 14.7 Å². The van der Waals surface area contributed by atoms with Gasteiger partial charge in [-0.1, -0.05) is 12.1 Å². The van der Waals surface area contributed by atoms with Crippen molar-refractivity contribution in [2.75, 3.05) is 6.54 Å². The number of carboxylic acids is 1. The van der Waals surface area contributed by atoms with E-state index >= 15 is 0 Å². The van der Waals surface area contributed by atoms with Gasteiger partial charge in [-0.05, 0) is 49.8 Å². The number of hydrogen-bond donors (Lipinski definition) is 2. The summed E-state index contributed by atoms with van der Waals surface area (Å²) in [5.74, 6) is -0.686. The summed E-state index contributed by atoms with van der Waals surface area (Å²) in [6, 6.07) is 6.15. The monoisotopic (exact) mass is 328 g/mol. The van der Waals surface area contributed by atoms with E-state index in [4.69, 9.17) is 5.11 Å². The van der Waals surface area contributed by atoms with Gasteiger partial charge in [0.05, 0.1) is 6.42 Å². The van der Waals surface area contributed by atoms with Crippen molar-refractivity contribution >= 4 is 22.8 Å². The van der Waals surface area contributed by atoms with Gasteiger partial charge in [0.1, 0.15) is 0 Å². The fraction of sp³-hybridized carbons (Fsp3) is 0.474. The number of carboxylic acid groups (broad SMARTS) is 1. The van der Waals surface area contributed by atoms with Crippen LogP contribution in [0.3, 0.4) is 0 Å². The number of fused-ring (bicyclic) bond motifs is 1. The molecule has 1 aromatic heterocycles. The van der Waals surface area contributed by atoms with Gasteiger partial charge in [-0.2, -0.15) is 0 Å². The Morgan fingerprint density at radius 3 is 2.96 bits per heavy atom. The summed E-state index contributed by atoms with van der Waals surface area (Å²) in [6.07, 6.45) is 5.95. The number of aromatic nitrogens is 1. The van der Waals surface area contributed by atoms with Crippen LogP contribution in [0.15, 0.2) is 24.4 Å². The summed E-state index contributed by atoms with van der Waals surface area (Å²) >= 11 is 0. The predicted octanol–water partition coefficient (Wildman–Crippen LogP) is 3.26. The first-order valence-electron chi connectivity index (χ1n) is 8.63. The molecule has 2 aromatic rings. The molecule has 0 saturated carbocycles. The van der Waals surface area contributed by atoms with Crippen molar-refractivity contribution in [3.8, 4) is 0 Å². The molecule has 2 N–H and O–H groups in total. The van der Waals surface area contributed by atoms with Gasteiger partial charge in [0, 0.05) is 36.1 Å². The summed E-state index contributed by atoms with van der Waals surface area (Å²) < 4.78 is 0. The van der Waals surface area contributed by atoms with Crippen molar-refractivity contribution in [3.05, 3.63) is 35.5 Å². The number of carbonyl (C=O) groups is 2. The first-order valence-corrected chi connectivity index (χ1v) is 8.63. The number of piperidine rings is 1. The minimum absolute atomic E-state index is 0.0636. The molecule has 0 radical (unpaired) electrons. The highest BCUT2D eigenvalue weighted by Crippen LogP contribution is 2.25. The van der Waals surface area contributed by atoms with Crippen molar-refractivity contribution in [2.24, 2.45) is 0 Å². The van der Waals surface area contributed by atoms with Gasteiger partial charge in [0.2, 0.25) is 5.91 Å². The first kappa shape index (κ1) is 16.6. The highest BCUT2D eigenvalue weighted by Gasteiger charge is 2.27. The highest BCUT2D eigenvalue weighted by atomic mass is 16.4. The number of aryl methyl sites for hydroxylation is 1. The number of carbonyl (C=O) groups excluding carboxylic acids is 1. The second kappa shape index (κ2) is 7.07. The summed E-state index contributed by atoms with van der Waals surface area (Å²) in [7, 11) is 0. The molecule has 3 rings (SSSR count). The average Bonchev–Trinajstić information content (AvgIpc) is 2.97. The van der Waals surface area contributed by atoms with Crippen molar-refractivity contribution in [3.63, 3.8) is 0 Å². The minimum Gasteiger partial charge on any atom is -0.481 e. The van der Waals surface area contributed by atoms with Gasteiger partial charge in [-0.3, -0.25) is 9.59 Å². The summed E-state index contributed by atoms with van der Waals surface area (Å²) in [6.45, 7) is 2.80. The third-order valence-corrected chi connectivity index (χ3v) is 4.98. The van der Waals surface area contributed by atoms with Gasteiger partial charge in [-0.15, -0.1) is 0 Å². The maximum atomic E-state index is 12.8. The van der Waals surface area contributed by atoms with E-state index in [1.54, 1.807) is 0 Å². The molecule has 1 aromatic carbocycles. The van der Waals surface area contributed by atoms with Gasteiger partial charge in [-0.25, -0.2) is 0 Å². The summed E-state index contributed by atoms with van der Waals surface area (Å²) in [5, 5.41) is 10.0. The third kappa shape index (κ3) is 3.45. The largest absolute Gasteiger partial charge is 0.481 e. The van der Waals surface area contributed by atoms with Gasteiger partial charge in [0.15, 0.2) is 0 Å². The lowest BCUT2D eigenvalue weighted by atomic mass is 9.96. The van der Waals surface area contributed by atoms with E-state index in [-0.39, 0.29) is 18.4 Å². The predicted molar refractivity (Wildman–Crippen MR) is 93.0 cm³/mol. The van der Waals surface area contributed by atoms with Crippen LogP contribution in [0.4, 0.5) is 0 Å². The molecule has 1 saturated heterocycles. The Morgan fingerprint density at radius 2 is 2.17 bits per heavy atom. The molecular weight excluding hydrogens is 304 g/mol. The van der Waals surface area contributed by atoms with Gasteiger partial charge < -0.3 is 15.0 Å². The van der Waals surface area contributed by atoms with Gasteiger partial charge >= 0.3 is 5.97 Å². The molecule has 1 fully saturated rings. The van der Waals surface area contributed by atoms with Crippen LogP contribution in [0.2, 0.25) is 0 Å². The van der Waals surface area contributed by atoms with E-state index in [0.29, 0.717) is 12.8 Å². The molecule has 5 heteroatoms. The summed E-state index contributed by atoms with van der Waals surface area (Å²) in [4.78, 5) is 28.8. The Kier molecular flexibility index (Phi) is 4.88. The van der Waals surface area contributed by atoms with Crippen LogP contribution in [0.5, 0.6) is 0 Å². The number of nitrogens with zero attached hydrogens (tertiary/aromatic N) is 1. The van der Waals surface area contributed by atoms with E-state index in [1.165, 1.54) is 0 Å². The molecule has 0 unspecified atom stereocenters. The Balaban J connectivity index is 1.75.